The normalized spacial score (nSPS) is 26.8. The Morgan fingerprint density at radius 3 is 2.22 bits per heavy atom. The van der Waals surface area contributed by atoms with Gasteiger partial charge in [-0.3, -0.25) is 0 Å². The molecule has 178 valence electrons. The number of piperidine rings is 3. The molecule has 1 aromatic carbocycles. The molecule has 0 aromatic heterocycles. The monoisotopic (exact) mass is 440 g/mol. The second-order valence-corrected chi connectivity index (χ2v) is 10.7. The maximum Gasteiger partial charge on any atom is 0.126 e. The Labute approximate surface area is 196 Å². The Hall–Kier alpha value is -1.74. The zero-order chi connectivity index (χ0) is 23.3. The fraction of sp³-hybridized carbons (Fsp3) is 0.655. The van der Waals surface area contributed by atoms with Crippen LogP contribution in [0.15, 0.2) is 29.9 Å². The van der Waals surface area contributed by atoms with E-state index in [1.165, 1.54) is 57.3 Å². The van der Waals surface area contributed by atoms with Gasteiger partial charge >= 0.3 is 0 Å². The molecule has 4 aliphatic rings. The van der Waals surface area contributed by atoms with Crippen molar-refractivity contribution in [2.45, 2.75) is 91.4 Å². The molecular formula is C29H46NO2+. The van der Waals surface area contributed by atoms with Gasteiger partial charge in [-0.2, -0.15) is 0 Å². The van der Waals surface area contributed by atoms with Crippen LogP contribution in [0.3, 0.4) is 0 Å². The topological polar surface area (TPSA) is 44.9 Å². The van der Waals surface area contributed by atoms with Gasteiger partial charge in [0.1, 0.15) is 11.5 Å². The van der Waals surface area contributed by atoms with Crippen LogP contribution < -0.4 is 4.90 Å². The number of nitrogens with one attached hydrogen (secondary N) is 1. The van der Waals surface area contributed by atoms with Crippen LogP contribution in [0.1, 0.15) is 94.7 Å². The van der Waals surface area contributed by atoms with Gasteiger partial charge in [-0.25, -0.2) is 0 Å². The summed E-state index contributed by atoms with van der Waals surface area (Å²) in [6, 6.07) is 1.87. The van der Waals surface area contributed by atoms with Gasteiger partial charge in [-0.05, 0) is 94.7 Å². The average Bonchev–Trinajstić information content (AvgIpc) is 2.79. The Morgan fingerprint density at radius 1 is 1.06 bits per heavy atom. The summed E-state index contributed by atoms with van der Waals surface area (Å²) in [7, 11) is 0. The first-order valence-corrected chi connectivity index (χ1v) is 13.0. The minimum Gasteiger partial charge on any atom is -0.507 e. The summed E-state index contributed by atoms with van der Waals surface area (Å²) in [4.78, 5) is 1.87. The van der Waals surface area contributed by atoms with E-state index in [0.717, 1.165) is 48.3 Å². The van der Waals surface area contributed by atoms with E-state index in [-0.39, 0.29) is 23.3 Å². The molecule has 0 amide bonds. The van der Waals surface area contributed by atoms with Crippen LogP contribution in [-0.2, 0) is 6.42 Å². The summed E-state index contributed by atoms with van der Waals surface area (Å²) in [6.07, 6.45) is 13.2. The first kappa shape index (κ1) is 24.9. The summed E-state index contributed by atoms with van der Waals surface area (Å²) in [5, 5.41) is 21.5. The van der Waals surface area contributed by atoms with Gasteiger partial charge in [0.2, 0.25) is 0 Å². The van der Waals surface area contributed by atoms with Crippen molar-refractivity contribution in [1.82, 2.24) is 0 Å². The zero-order valence-electron chi connectivity index (χ0n) is 21.0. The number of aryl methyl sites for hydroxylation is 1. The van der Waals surface area contributed by atoms with Crippen molar-refractivity contribution in [3.63, 3.8) is 0 Å². The van der Waals surface area contributed by atoms with E-state index in [0.29, 0.717) is 5.56 Å². The van der Waals surface area contributed by atoms with Crippen LogP contribution in [0, 0.1) is 18.8 Å². The maximum atomic E-state index is 10.8. The largest absolute Gasteiger partial charge is 0.507 e. The summed E-state index contributed by atoms with van der Waals surface area (Å²) in [5.74, 6) is 1.92. The highest BCUT2D eigenvalue weighted by Gasteiger charge is 2.31. The number of hydrogen-bond donors (Lipinski definition) is 3. The van der Waals surface area contributed by atoms with E-state index in [2.05, 4.69) is 26.5 Å². The van der Waals surface area contributed by atoms with Crippen LogP contribution in [0.25, 0.3) is 0 Å². The molecule has 3 heterocycles. The van der Waals surface area contributed by atoms with Gasteiger partial charge in [0.15, 0.2) is 0 Å². The van der Waals surface area contributed by atoms with Gasteiger partial charge in [0.25, 0.3) is 0 Å². The predicted molar refractivity (Wildman–Crippen MR) is 135 cm³/mol. The van der Waals surface area contributed by atoms with Crippen molar-refractivity contribution in [2.24, 2.45) is 11.8 Å². The highest BCUT2D eigenvalue weighted by Crippen LogP contribution is 2.47. The molecule has 3 saturated heterocycles. The standard InChI is InChI=1S/C22H32O2.C7H13N/c1-6-7-8-9-17-13-20(23)21(22(24)16(17)5)19-12-15(4)10-11-18(19)14(2)3;1-4-8-5-2-7(1)3-6-8/h12-13,18-19,23-24H,2,6-11H2,1,3-5H3;7H,1-6H2/p+1/t18-,19+;/m0./s1. The minimum atomic E-state index is 0.0136. The summed E-state index contributed by atoms with van der Waals surface area (Å²) >= 11 is 0. The SMILES string of the molecule is C1C[NH+]2CCC1CC2.C=C(C)[C@@H]1CCC(C)=C[C@H]1c1c(O)cc(CCCCC)c(C)c1O. The lowest BCUT2D eigenvalue weighted by Gasteiger charge is -2.35. The molecule has 3 nitrogen and oxygen atoms in total. The molecule has 32 heavy (non-hydrogen) atoms. The van der Waals surface area contributed by atoms with Crippen molar-refractivity contribution < 1.29 is 15.1 Å². The Bertz CT molecular complexity index is 794. The zero-order valence-corrected chi connectivity index (χ0v) is 21.0. The molecule has 3 heteroatoms. The van der Waals surface area contributed by atoms with Crippen LogP contribution in [0.2, 0.25) is 0 Å². The minimum absolute atomic E-state index is 0.0136. The third-order valence-electron chi connectivity index (χ3n) is 8.16. The van der Waals surface area contributed by atoms with Crippen molar-refractivity contribution >= 4 is 0 Å². The highest BCUT2D eigenvalue weighted by atomic mass is 16.3. The van der Waals surface area contributed by atoms with Crippen LogP contribution in [-0.4, -0.2) is 29.8 Å². The number of hydrogen-bond acceptors (Lipinski definition) is 2. The fourth-order valence-corrected chi connectivity index (χ4v) is 5.92. The fourth-order valence-electron chi connectivity index (χ4n) is 5.92. The van der Waals surface area contributed by atoms with E-state index in [9.17, 15) is 10.2 Å². The van der Waals surface area contributed by atoms with Gasteiger partial charge in [-0.1, -0.05) is 43.6 Å². The average molecular weight is 441 g/mol. The van der Waals surface area contributed by atoms with Crippen LogP contribution in [0.5, 0.6) is 11.5 Å². The van der Waals surface area contributed by atoms with Gasteiger partial charge in [0, 0.05) is 11.5 Å². The number of unbranched alkanes of at least 4 members (excludes halogenated alkanes) is 2. The first-order chi connectivity index (χ1) is 15.3. The van der Waals surface area contributed by atoms with E-state index in [1.807, 2.05) is 24.8 Å². The van der Waals surface area contributed by atoms with Crippen molar-refractivity contribution in [3.05, 3.63) is 46.6 Å². The number of phenols is 2. The lowest BCUT2D eigenvalue weighted by molar-refractivity contribution is -0.916. The third kappa shape index (κ3) is 5.98. The van der Waals surface area contributed by atoms with Crippen LogP contribution in [0.4, 0.5) is 0 Å². The smallest absolute Gasteiger partial charge is 0.126 e. The number of benzene rings is 1. The van der Waals surface area contributed by atoms with Gasteiger partial charge in [0.05, 0.1) is 19.6 Å². The second-order valence-electron chi connectivity index (χ2n) is 10.7. The van der Waals surface area contributed by atoms with Crippen molar-refractivity contribution in [1.29, 1.82) is 0 Å². The summed E-state index contributed by atoms with van der Waals surface area (Å²) < 4.78 is 0. The molecule has 2 atom stereocenters. The van der Waals surface area contributed by atoms with Crippen molar-refractivity contribution in [3.8, 4) is 11.5 Å². The molecule has 3 fully saturated rings. The summed E-state index contributed by atoms with van der Waals surface area (Å²) in [6.45, 7) is 16.9. The van der Waals surface area contributed by atoms with Gasteiger partial charge in [-0.15, -0.1) is 0 Å². The molecule has 1 aliphatic carbocycles. The molecular weight excluding hydrogens is 394 g/mol. The number of quaternary nitrogens is 1. The quantitative estimate of drug-likeness (QED) is 0.384. The molecule has 0 radical (unpaired) electrons. The first-order valence-electron chi connectivity index (χ1n) is 13.0. The van der Waals surface area contributed by atoms with Crippen molar-refractivity contribution in [2.75, 3.05) is 19.6 Å². The molecule has 1 aromatic rings. The molecule has 0 saturated carbocycles. The number of aromatic hydroxyl groups is 2. The predicted octanol–water partition coefficient (Wildman–Crippen LogP) is 5.84. The number of fused-ring (bicyclic) bond motifs is 3. The number of rotatable bonds is 6. The Morgan fingerprint density at radius 2 is 1.72 bits per heavy atom. The van der Waals surface area contributed by atoms with E-state index in [4.69, 9.17) is 0 Å². The summed E-state index contributed by atoms with van der Waals surface area (Å²) in [5.41, 5.74) is 5.09. The molecule has 2 bridgehead atoms. The molecule has 3 aliphatic heterocycles. The van der Waals surface area contributed by atoms with Crippen LogP contribution >= 0.6 is 0 Å². The maximum absolute atomic E-state index is 10.8. The lowest BCUT2D eigenvalue weighted by Crippen LogP contribution is -3.14. The molecule has 3 N–H and O–H groups in total. The number of phenolic OH excluding ortho intramolecular Hbond substituents is 2. The van der Waals surface area contributed by atoms with E-state index >= 15 is 0 Å². The highest BCUT2D eigenvalue weighted by molar-refractivity contribution is 5.56. The Kier molecular flexibility index (Phi) is 8.87. The van der Waals surface area contributed by atoms with E-state index in [1.54, 1.807) is 0 Å². The molecule has 0 spiro atoms. The lowest BCUT2D eigenvalue weighted by atomic mass is 9.73. The van der Waals surface area contributed by atoms with Gasteiger partial charge < -0.3 is 15.1 Å². The number of allylic oxidation sites excluding steroid dienone is 3. The molecule has 5 rings (SSSR count). The Balaban J connectivity index is 0.000000297. The third-order valence-corrected chi connectivity index (χ3v) is 8.16. The molecule has 0 unspecified atom stereocenters. The second kappa shape index (κ2) is 11.4. The van der Waals surface area contributed by atoms with E-state index < -0.39 is 0 Å².